The van der Waals surface area contributed by atoms with E-state index >= 15 is 0 Å². The van der Waals surface area contributed by atoms with Crippen LogP contribution in [-0.4, -0.2) is 74.9 Å². The molecule has 0 aromatic heterocycles. The number of fused-ring (bicyclic) bond motifs is 2. The number of nitrogens with zero attached hydrogens (tertiary/aromatic N) is 2. The number of hydrogen-bond acceptors (Lipinski definition) is 16. The smallest absolute Gasteiger partial charge is 0.398 e. The van der Waals surface area contributed by atoms with Crippen molar-refractivity contribution in [2.24, 2.45) is 10.2 Å². The molecule has 2 aliphatic rings. The number of carbonyl (C=O) groups is 2. The number of rotatable bonds is 9. The number of ketones is 2. The quantitative estimate of drug-likeness (QED) is 0.0467. The summed E-state index contributed by atoms with van der Waals surface area (Å²) in [6, 6.07) is 15.7. The van der Waals surface area contributed by atoms with Gasteiger partial charge in [0.2, 0.25) is 11.6 Å². The summed E-state index contributed by atoms with van der Waals surface area (Å²) >= 11 is 0. The third-order valence-electron chi connectivity index (χ3n) is 8.12. The van der Waals surface area contributed by atoms with Gasteiger partial charge < -0.3 is 11.5 Å². The molecule has 290 valence electrons. The molecule has 0 saturated carbocycles. The number of anilines is 4. The van der Waals surface area contributed by atoms with Crippen LogP contribution in [0, 0.1) is 0 Å². The monoisotopic (exact) mass is 867 g/mol. The molecule has 4 aromatic carbocycles. The Bertz CT molecular complexity index is 2800. The molecule has 0 atom stereocenters. The second-order valence-corrected chi connectivity index (χ2v) is 17.5. The molecular weight excluding hydrogens is 844 g/mol. The molecule has 0 bridgehead atoms. The molecule has 20 nitrogen and oxygen atoms in total. The molecule has 0 spiro atoms. The first-order valence-electron chi connectivity index (χ1n) is 15.1. The van der Waals surface area contributed by atoms with Gasteiger partial charge in [-0.05, 0) is 82.9 Å². The fourth-order valence-corrected chi connectivity index (χ4v) is 7.99. The third kappa shape index (κ3) is 8.90. The molecule has 4 aromatic rings. The van der Waals surface area contributed by atoms with Gasteiger partial charge in [0.1, 0.15) is 9.81 Å². The van der Waals surface area contributed by atoms with Crippen LogP contribution in [0.5, 0.6) is 0 Å². The number of hydrazone groups is 2. The minimum atomic E-state index is -5.09. The van der Waals surface area contributed by atoms with Crippen molar-refractivity contribution in [1.29, 1.82) is 0 Å². The molecule has 0 aliphatic heterocycles. The summed E-state index contributed by atoms with van der Waals surface area (Å²) in [5.41, 5.74) is 14.9. The van der Waals surface area contributed by atoms with Gasteiger partial charge in [0.15, 0.2) is 11.4 Å². The van der Waals surface area contributed by atoms with Crippen molar-refractivity contribution in [3.8, 4) is 11.1 Å². The maximum Gasteiger partial charge on any atom is 1.00 e. The first-order valence-corrected chi connectivity index (χ1v) is 20.9. The number of Topliss-reactive ketones (excluding diaryl/α,β-unsaturated/α-hetero) is 2. The molecule has 57 heavy (non-hydrogen) atoms. The Labute approximate surface area is 345 Å². The minimum Gasteiger partial charge on any atom is -0.398 e. The van der Waals surface area contributed by atoms with Gasteiger partial charge in [-0.1, -0.05) is 24.3 Å². The van der Waals surface area contributed by atoms with Crippen LogP contribution >= 0.6 is 0 Å². The summed E-state index contributed by atoms with van der Waals surface area (Å²) in [4.78, 5) is 23.2. The minimum absolute atomic E-state index is 0. The number of nitrogens with two attached hydrogens (primary N) is 2. The molecule has 0 saturated heterocycles. The molecule has 0 heterocycles. The van der Waals surface area contributed by atoms with Crippen molar-refractivity contribution >= 4 is 98.4 Å². The Balaban J connectivity index is 0.00000620. The molecule has 6 rings (SSSR count). The second kappa shape index (κ2) is 15.3. The van der Waals surface area contributed by atoms with Crippen LogP contribution in [0.25, 0.3) is 23.3 Å². The number of nitrogens with one attached hydrogen (secondary N) is 2. The third-order valence-corrected chi connectivity index (χ3v) is 11.5. The predicted octanol–water partition coefficient (Wildman–Crippen LogP) is -0.198. The molecular formula is C32H24N6NaO14S4+. The summed E-state index contributed by atoms with van der Waals surface area (Å²) < 4.78 is 134. The Morgan fingerprint density at radius 1 is 0.491 bits per heavy atom. The largest absolute Gasteiger partial charge is 1.00 e. The van der Waals surface area contributed by atoms with Gasteiger partial charge in [-0.3, -0.25) is 38.7 Å². The number of carbonyl (C=O) groups excluding carboxylic acids is 2. The topological polar surface area (TPSA) is 352 Å². The first-order chi connectivity index (χ1) is 25.9. The van der Waals surface area contributed by atoms with Crippen LogP contribution in [0.15, 0.2) is 103 Å². The van der Waals surface area contributed by atoms with Crippen molar-refractivity contribution in [3.63, 3.8) is 0 Å². The van der Waals surface area contributed by atoms with Gasteiger partial charge in [-0.2, -0.15) is 43.9 Å². The van der Waals surface area contributed by atoms with Crippen LogP contribution in [0.1, 0.15) is 31.8 Å². The molecule has 0 unspecified atom stereocenters. The van der Waals surface area contributed by atoms with E-state index in [2.05, 4.69) is 21.1 Å². The zero-order valence-electron chi connectivity index (χ0n) is 28.6. The number of benzene rings is 4. The summed E-state index contributed by atoms with van der Waals surface area (Å²) in [5, 5.41) is 7.73. The molecule has 0 radical (unpaired) electrons. The average molecular weight is 868 g/mol. The molecule has 25 heteroatoms. The van der Waals surface area contributed by atoms with E-state index in [0.29, 0.717) is 11.1 Å². The molecule has 0 fully saturated rings. The van der Waals surface area contributed by atoms with E-state index < -0.39 is 94.4 Å². The van der Waals surface area contributed by atoms with E-state index in [0.717, 1.165) is 36.4 Å². The standard InChI is InChI=1S/C32H24N6O14S4.Na/c33-23-13-21(53(41,42)43)9-17-11-25(55(47,48)49)29(31(39)27(17)23)37-35-19-5-1-15(2-6-19)16-3-7-20(8-4-16)36-38-30-26(56(50,51)52)12-18-10-22(54(44,45)46)14-24(34)28(18)32(30)40;/h1-14,35-36H,33-34H2,(H,41,42,43)(H,44,45,46)(H,47,48,49)(H,50,51,52);/q;+1/b37-29-,38-30+;. The van der Waals surface area contributed by atoms with Gasteiger partial charge in [0.25, 0.3) is 40.5 Å². The normalized spacial score (nSPS) is 15.9. The number of nitrogen functional groups attached to an aromatic ring is 2. The molecule has 2 aliphatic carbocycles. The first kappa shape index (κ1) is 43.0. The van der Waals surface area contributed by atoms with Crippen molar-refractivity contribution in [3.05, 3.63) is 105 Å². The average Bonchev–Trinajstić information content (AvgIpc) is 3.09. The van der Waals surface area contributed by atoms with Gasteiger partial charge in [-0.15, -0.1) is 0 Å². The van der Waals surface area contributed by atoms with E-state index in [1.54, 1.807) is 24.3 Å². The summed E-state index contributed by atoms with van der Waals surface area (Å²) in [5.74, 6) is -2.14. The SMILES string of the molecule is Nc1cc(S(=O)(=O)O)cc2c1C(=O)/C(=N/Nc1ccc(-c3ccc(N/N=C4\C(=O)c5c(N)cc(S(=O)(=O)O)cc5C=C4S(=O)(=O)O)cc3)cc1)C(S(=O)(=O)O)=C2.[Na+]. The number of hydrogen-bond donors (Lipinski definition) is 8. The molecule has 10 N–H and O–H groups in total. The van der Waals surface area contributed by atoms with Gasteiger partial charge in [-0.25, -0.2) is 0 Å². The van der Waals surface area contributed by atoms with Gasteiger partial charge in [0, 0.05) is 11.4 Å². The van der Waals surface area contributed by atoms with Crippen LogP contribution in [-0.2, 0) is 40.5 Å². The van der Waals surface area contributed by atoms with Gasteiger partial charge in [0.05, 0.1) is 32.3 Å². The van der Waals surface area contributed by atoms with Crippen LogP contribution in [0.4, 0.5) is 22.7 Å². The second-order valence-electron chi connectivity index (χ2n) is 11.8. The fourth-order valence-electron chi connectivity index (χ4n) is 5.57. The van der Waals surface area contributed by atoms with Gasteiger partial charge >= 0.3 is 29.6 Å². The summed E-state index contributed by atoms with van der Waals surface area (Å²) in [7, 11) is -19.8. The van der Waals surface area contributed by atoms with E-state index in [1.165, 1.54) is 24.3 Å². The van der Waals surface area contributed by atoms with Crippen molar-refractivity contribution < 1.29 is 91.0 Å². The summed E-state index contributed by atoms with van der Waals surface area (Å²) in [6.45, 7) is 0. The Hall–Kier alpha value is -5.12. The zero-order valence-corrected chi connectivity index (χ0v) is 33.9. The van der Waals surface area contributed by atoms with Crippen molar-refractivity contribution in [1.82, 2.24) is 0 Å². The summed E-state index contributed by atoms with van der Waals surface area (Å²) in [6.07, 6.45) is 1.56. The maximum absolute atomic E-state index is 13.3. The zero-order chi connectivity index (χ0) is 41.1. The van der Waals surface area contributed by atoms with E-state index in [4.69, 9.17) is 11.5 Å². The molecule has 0 amide bonds. The van der Waals surface area contributed by atoms with Crippen LogP contribution < -0.4 is 51.9 Å². The van der Waals surface area contributed by atoms with E-state index in [9.17, 15) is 61.5 Å². The Kier molecular flexibility index (Phi) is 11.6. The maximum atomic E-state index is 13.3. The van der Waals surface area contributed by atoms with Crippen molar-refractivity contribution in [2.75, 3.05) is 22.3 Å². The Morgan fingerprint density at radius 2 is 0.807 bits per heavy atom. The van der Waals surface area contributed by atoms with E-state index in [-0.39, 0.29) is 63.2 Å². The van der Waals surface area contributed by atoms with Crippen molar-refractivity contribution in [2.45, 2.75) is 9.79 Å². The van der Waals surface area contributed by atoms with E-state index in [1.807, 2.05) is 0 Å². The number of allylic oxidation sites excluding steroid dienone is 2. The Morgan fingerprint density at radius 3 is 1.09 bits per heavy atom. The van der Waals surface area contributed by atoms with Crippen LogP contribution in [0.3, 0.4) is 0 Å². The van der Waals surface area contributed by atoms with Crippen LogP contribution in [0.2, 0.25) is 0 Å². The fraction of sp³-hybridized carbons (Fsp3) is 0. The predicted molar refractivity (Wildman–Crippen MR) is 203 cm³/mol.